The van der Waals surface area contributed by atoms with Crippen LogP contribution in [-0.2, 0) is 4.79 Å². The number of phenolic OH excluding ortho intramolecular Hbond substituents is 2. The fourth-order valence-corrected chi connectivity index (χ4v) is 3.41. The van der Waals surface area contributed by atoms with Gasteiger partial charge in [-0.2, -0.15) is 0 Å². The van der Waals surface area contributed by atoms with E-state index < -0.39 is 0 Å². The lowest BCUT2D eigenvalue weighted by Crippen LogP contribution is -2.05. The first-order valence-corrected chi connectivity index (χ1v) is 10.3. The number of carbonyl (C=O) groups is 1. The van der Waals surface area contributed by atoms with E-state index in [1.807, 2.05) is 72.8 Å². The molecule has 0 atom stereocenters. The standard InChI is InChI=1S/C29H22O3/c30-25-15-11-21(12-16-25)19-27(23-7-3-1-4-8-23)29(32)28(24-9-5-2-6-10-24)20-22-13-17-26(31)18-14-22/h1-20,30-31H. The number of hydrogen-bond acceptors (Lipinski definition) is 3. The molecule has 2 N–H and O–H groups in total. The molecule has 4 aromatic rings. The number of Topliss-reactive ketones (excluding diaryl/α,β-unsaturated/α-hetero) is 1. The van der Waals surface area contributed by atoms with Crippen LogP contribution < -0.4 is 0 Å². The van der Waals surface area contributed by atoms with Crippen molar-refractivity contribution in [3.8, 4) is 11.5 Å². The Hall–Kier alpha value is -4.37. The van der Waals surface area contributed by atoms with Crippen LogP contribution in [0.1, 0.15) is 22.3 Å². The van der Waals surface area contributed by atoms with Crippen LogP contribution >= 0.6 is 0 Å². The summed E-state index contributed by atoms with van der Waals surface area (Å²) < 4.78 is 0. The molecule has 0 bridgehead atoms. The molecule has 0 saturated carbocycles. The van der Waals surface area contributed by atoms with Crippen LogP contribution in [0, 0.1) is 0 Å². The minimum atomic E-state index is -0.122. The highest BCUT2D eigenvalue weighted by atomic mass is 16.3. The first kappa shape index (κ1) is 20.9. The zero-order chi connectivity index (χ0) is 22.3. The fourth-order valence-electron chi connectivity index (χ4n) is 3.41. The van der Waals surface area contributed by atoms with Crippen LogP contribution in [0.3, 0.4) is 0 Å². The minimum Gasteiger partial charge on any atom is -0.508 e. The highest BCUT2D eigenvalue weighted by Gasteiger charge is 2.19. The maximum absolute atomic E-state index is 14.0. The Morgan fingerprint density at radius 2 is 0.844 bits per heavy atom. The predicted octanol–water partition coefficient (Wildman–Crippen LogP) is 6.45. The van der Waals surface area contributed by atoms with Gasteiger partial charge in [0.2, 0.25) is 0 Å². The lowest BCUT2D eigenvalue weighted by atomic mass is 9.90. The Morgan fingerprint density at radius 3 is 1.19 bits per heavy atom. The molecule has 0 aromatic heterocycles. The lowest BCUT2D eigenvalue weighted by Gasteiger charge is -2.12. The summed E-state index contributed by atoms with van der Waals surface area (Å²) in [6.45, 7) is 0. The van der Waals surface area contributed by atoms with Crippen molar-refractivity contribution in [3.63, 3.8) is 0 Å². The summed E-state index contributed by atoms with van der Waals surface area (Å²) in [5.41, 5.74) is 4.32. The molecule has 156 valence electrons. The van der Waals surface area contributed by atoms with Crippen molar-refractivity contribution < 1.29 is 15.0 Å². The van der Waals surface area contributed by atoms with Crippen LogP contribution in [0.15, 0.2) is 109 Å². The first-order chi connectivity index (χ1) is 15.6. The highest BCUT2D eigenvalue weighted by molar-refractivity contribution is 6.46. The third-order valence-electron chi connectivity index (χ3n) is 5.07. The maximum atomic E-state index is 14.0. The molecular weight excluding hydrogens is 396 g/mol. The van der Waals surface area contributed by atoms with E-state index in [0.717, 1.165) is 22.3 Å². The molecule has 0 fully saturated rings. The first-order valence-electron chi connectivity index (χ1n) is 10.3. The van der Waals surface area contributed by atoms with Gasteiger partial charge in [0.15, 0.2) is 5.78 Å². The summed E-state index contributed by atoms with van der Waals surface area (Å²) in [4.78, 5) is 14.0. The SMILES string of the molecule is O=C(C(=Cc1ccc(O)cc1)c1ccccc1)C(=Cc1ccc(O)cc1)c1ccccc1. The predicted molar refractivity (Wildman–Crippen MR) is 130 cm³/mol. The molecule has 0 spiro atoms. The Kier molecular flexibility index (Phi) is 6.28. The Labute approximate surface area is 187 Å². The van der Waals surface area contributed by atoms with E-state index in [-0.39, 0.29) is 17.3 Å². The van der Waals surface area contributed by atoms with Crippen molar-refractivity contribution in [2.45, 2.75) is 0 Å². The summed E-state index contributed by atoms with van der Waals surface area (Å²) in [5.74, 6) is 0.224. The molecule has 3 nitrogen and oxygen atoms in total. The van der Waals surface area contributed by atoms with Gasteiger partial charge in [-0.05, 0) is 58.7 Å². The zero-order valence-corrected chi connectivity index (χ0v) is 17.3. The number of aromatic hydroxyl groups is 2. The molecule has 0 saturated heterocycles. The van der Waals surface area contributed by atoms with Crippen LogP contribution in [0.25, 0.3) is 23.3 Å². The molecular formula is C29H22O3. The number of ketones is 1. The molecule has 4 rings (SSSR count). The van der Waals surface area contributed by atoms with Gasteiger partial charge in [-0.15, -0.1) is 0 Å². The van der Waals surface area contributed by atoms with Gasteiger partial charge >= 0.3 is 0 Å². The monoisotopic (exact) mass is 418 g/mol. The van der Waals surface area contributed by atoms with Crippen molar-refractivity contribution in [1.29, 1.82) is 0 Å². The van der Waals surface area contributed by atoms with E-state index in [1.165, 1.54) is 0 Å². The summed E-state index contributed by atoms with van der Waals surface area (Å²) in [6, 6.07) is 32.6. The Bertz CT molecular complexity index is 1150. The van der Waals surface area contributed by atoms with Crippen molar-refractivity contribution in [1.82, 2.24) is 0 Å². The van der Waals surface area contributed by atoms with Crippen molar-refractivity contribution in [2.24, 2.45) is 0 Å². The molecule has 0 aliphatic carbocycles. The largest absolute Gasteiger partial charge is 0.508 e. The molecule has 0 aliphatic heterocycles. The molecule has 3 heteroatoms. The highest BCUT2D eigenvalue weighted by Crippen LogP contribution is 2.29. The molecule has 32 heavy (non-hydrogen) atoms. The fraction of sp³-hybridized carbons (Fsp3) is 0. The second-order valence-electron chi connectivity index (χ2n) is 7.36. The molecule has 0 heterocycles. The molecule has 0 unspecified atom stereocenters. The number of hydrogen-bond donors (Lipinski definition) is 2. The molecule has 0 aliphatic rings. The normalized spacial score (nSPS) is 11.9. The van der Waals surface area contributed by atoms with E-state index in [1.54, 1.807) is 48.5 Å². The van der Waals surface area contributed by atoms with Crippen LogP contribution in [0.5, 0.6) is 11.5 Å². The number of rotatable bonds is 6. The lowest BCUT2D eigenvalue weighted by molar-refractivity contribution is -0.108. The number of allylic oxidation sites excluding steroid dienone is 2. The molecule has 4 aromatic carbocycles. The van der Waals surface area contributed by atoms with Crippen LogP contribution in [0.4, 0.5) is 0 Å². The number of benzene rings is 4. The smallest absolute Gasteiger partial charge is 0.194 e. The summed E-state index contributed by atoms with van der Waals surface area (Å²) in [5, 5.41) is 19.2. The Morgan fingerprint density at radius 1 is 0.500 bits per heavy atom. The second kappa shape index (κ2) is 9.63. The average Bonchev–Trinajstić information content (AvgIpc) is 2.84. The van der Waals surface area contributed by atoms with Crippen molar-refractivity contribution in [2.75, 3.05) is 0 Å². The van der Waals surface area contributed by atoms with E-state index in [0.29, 0.717) is 11.1 Å². The van der Waals surface area contributed by atoms with E-state index >= 15 is 0 Å². The summed E-state index contributed by atoms with van der Waals surface area (Å²) >= 11 is 0. The van der Waals surface area contributed by atoms with E-state index in [9.17, 15) is 15.0 Å². The molecule has 0 amide bonds. The quantitative estimate of drug-likeness (QED) is 0.279. The van der Waals surface area contributed by atoms with Gasteiger partial charge in [0.1, 0.15) is 11.5 Å². The molecule has 0 radical (unpaired) electrons. The Balaban J connectivity index is 1.86. The van der Waals surface area contributed by atoms with Gasteiger partial charge in [0.05, 0.1) is 0 Å². The summed E-state index contributed by atoms with van der Waals surface area (Å²) in [6.07, 6.45) is 3.68. The van der Waals surface area contributed by atoms with Gasteiger partial charge in [0.25, 0.3) is 0 Å². The van der Waals surface area contributed by atoms with Gasteiger partial charge in [-0.25, -0.2) is 0 Å². The van der Waals surface area contributed by atoms with Gasteiger partial charge < -0.3 is 10.2 Å². The van der Waals surface area contributed by atoms with Gasteiger partial charge in [-0.1, -0.05) is 84.9 Å². The third kappa shape index (κ3) is 5.02. The van der Waals surface area contributed by atoms with Gasteiger partial charge in [0, 0.05) is 11.1 Å². The van der Waals surface area contributed by atoms with Crippen molar-refractivity contribution >= 4 is 29.1 Å². The topological polar surface area (TPSA) is 57.5 Å². The van der Waals surface area contributed by atoms with Crippen LogP contribution in [-0.4, -0.2) is 16.0 Å². The summed E-state index contributed by atoms with van der Waals surface area (Å²) in [7, 11) is 0. The number of carbonyl (C=O) groups excluding carboxylic acids is 1. The maximum Gasteiger partial charge on any atom is 0.194 e. The van der Waals surface area contributed by atoms with E-state index in [4.69, 9.17) is 0 Å². The van der Waals surface area contributed by atoms with Crippen molar-refractivity contribution in [3.05, 3.63) is 131 Å². The minimum absolute atomic E-state index is 0.122. The van der Waals surface area contributed by atoms with Crippen LogP contribution in [0.2, 0.25) is 0 Å². The average molecular weight is 418 g/mol. The second-order valence-corrected chi connectivity index (χ2v) is 7.36. The van der Waals surface area contributed by atoms with E-state index in [2.05, 4.69) is 0 Å². The van der Waals surface area contributed by atoms with Gasteiger partial charge in [-0.3, -0.25) is 4.79 Å². The third-order valence-corrected chi connectivity index (χ3v) is 5.07. The zero-order valence-electron chi connectivity index (χ0n) is 17.3. The number of phenols is 2.